The number of hydrogen-bond acceptors (Lipinski definition) is 3. The lowest BCUT2D eigenvalue weighted by Gasteiger charge is -2.38. The minimum atomic E-state index is 0.487. The van der Waals surface area contributed by atoms with Crippen molar-refractivity contribution >= 4 is 12.1 Å². The van der Waals surface area contributed by atoms with E-state index in [2.05, 4.69) is 23.0 Å². The van der Waals surface area contributed by atoms with E-state index in [-0.39, 0.29) is 0 Å². The molecule has 1 N–H and O–H groups in total. The average molecular weight is 158 g/mol. The Kier molecular flexibility index (Phi) is 1.48. The predicted octanol–water partition coefficient (Wildman–Crippen LogP) is 1.40. The van der Waals surface area contributed by atoms with Crippen LogP contribution in [0.15, 0.2) is 0 Å². The van der Waals surface area contributed by atoms with Crippen molar-refractivity contribution in [3.8, 4) is 0 Å². The van der Waals surface area contributed by atoms with Crippen LogP contribution in [0.5, 0.6) is 0 Å². The molecule has 0 spiro atoms. The molecule has 0 aromatic heterocycles. The van der Waals surface area contributed by atoms with Gasteiger partial charge in [0, 0.05) is 23.7 Å². The summed E-state index contributed by atoms with van der Waals surface area (Å²) in [5.41, 5.74) is 0.487. The van der Waals surface area contributed by atoms with E-state index in [4.69, 9.17) is 0 Å². The highest BCUT2D eigenvalue weighted by atomic mass is 32.2. The maximum Gasteiger partial charge on any atom is 0.0310 e. The van der Waals surface area contributed by atoms with Gasteiger partial charge >= 0.3 is 0 Å². The molecule has 10 heavy (non-hydrogen) atoms. The van der Waals surface area contributed by atoms with E-state index in [9.17, 15) is 0 Å². The van der Waals surface area contributed by atoms with E-state index in [0.29, 0.717) is 5.54 Å². The lowest BCUT2D eigenvalue weighted by molar-refractivity contribution is 0.252. The van der Waals surface area contributed by atoms with Crippen molar-refractivity contribution in [2.45, 2.75) is 37.8 Å². The van der Waals surface area contributed by atoms with E-state index in [1.165, 1.54) is 19.3 Å². The number of rotatable bonds is 0. The van der Waals surface area contributed by atoms with Gasteiger partial charge in [-0.2, -0.15) is 0 Å². The van der Waals surface area contributed by atoms with E-state index in [1.807, 2.05) is 0 Å². The fraction of sp³-hybridized carbons (Fsp3) is 1.00. The van der Waals surface area contributed by atoms with Gasteiger partial charge in [0.15, 0.2) is 0 Å². The zero-order valence-electron chi connectivity index (χ0n) is 6.55. The van der Waals surface area contributed by atoms with Crippen molar-refractivity contribution in [2.24, 2.45) is 0 Å². The zero-order chi connectivity index (χ0) is 7.19. The first-order valence-corrected chi connectivity index (χ1v) is 4.64. The van der Waals surface area contributed by atoms with Crippen molar-refractivity contribution in [1.29, 1.82) is 0 Å². The quantitative estimate of drug-likeness (QED) is 0.536. The summed E-state index contributed by atoms with van der Waals surface area (Å²) in [6, 6.07) is 0.784. The Morgan fingerprint density at radius 2 is 2.50 bits per heavy atom. The molecule has 1 saturated carbocycles. The van der Waals surface area contributed by atoms with Gasteiger partial charge in [-0.05, 0) is 33.2 Å². The summed E-state index contributed by atoms with van der Waals surface area (Å²) in [6.45, 7) is 2.36. The first kappa shape index (κ1) is 6.95. The van der Waals surface area contributed by atoms with E-state index >= 15 is 0 Å². The van der Waals surface area contributed by atoms with E-state index in [0.717, 1.165) is 6.04 Å². The molecule has 0 amide bonds. The number of nitrogens with one attached hydrogen (secondary N) is 1. The molecular weight excluding hydrogens is 144 g/mol. The molecule has 0 aromatic rings. The lowest BCUT2D eigenvalue weighted by Crippen LogP contribution is -2.44. The summed E-state index contributed by atoms with van der Waals surface area (Å²) in [6.07, 6.45) is 4.04. The molecule has 1 heterocycles. The fourth-order valence-corrected chi connectivity index (χ4v) is 2.77. The van der Waals surface area contributed by atoms with Crippen molar-refractivity contribution in [2.75, 3.05) is 7.05 Å². The van der Waals surface area contributed by atoms with Gasteiger partial charge in [0.1, 0.15) is 0 Å². The van der Waals surface area contributed by atoms with Crippen LogP contribution in [0, 0.1) is 0 Å². The number of fused-ring (bicyclic) bond motifs is 2. The van der Waals surface area contributed by atoms with Gasteiger partial charge in [0.25, 0.3) is 0 Å². The Morgan fingerprint density at radius 1 is 1.70 bits per heavy atom. The van der Waals surface area contributed by atoms with Gasteiger partial charge in [-0.1, -0.05) is 0 Å². The molecule has 0 radical (unpaired) electrons. The third kappa shape index (κ3) is 0.881. The van der Waals surface area contributed by atoms with Gasteiger partial charge in [-0.15, -0.1) is 0 Å². The average Bonchev–Trinajstić information content (AvgIpc) is 2.22. The molecule has 2 rings (SSSR count). The van der Waals surface area contributed by atoms with Gasteiger partial charge in [-0.25, -0.2) is 9.03 Å². The third-order valence-corrected chi connectivity index (χ3v) is 3.99. The SMILES string of the molecule is CN1SNC2CCC1(C)C2. The predicted molar refractivity (Wildman–Crippen MR) is 44.5 cm³/mol. The number of nitrogens with zero attached hydrogens (tertiary/aromatic N) is 1. The maximum atomic E-state index is 3.43. The minimum Gasteiger partial charge on any atom is -0.247 e. The third-order valence-electron chi connectivity index (χ3n) is 2.83. The maximum absolute atomic E-state index is 3.43. The Morgan fingerprint density at radius 3 is 3.20 bits per heavy atom. The van der Waals surface area contributed by atoms with Crippen LogP contribution in [0.1, 0.15) is 26.2 Å². The Labute approximate surface area is 66.6 Å². The van der Waals surface area contributed by atoms with Crippen molar-refractivity contribution in [1.82, 2.24) is 9.03 Å². The summed E-state index contributed by atoms with van der Waals surface area (Å²) in [5.74, 6) is 0. The molecular formula is C7H14N2S. The van der Waals surface area contributed by atoms with Gasteiger partial charge in [0.05, 0.1) is 0 Å². The van der Waals surface area contributed by atoms with Crippen LogP contribution in [0.2, 0.25) is 0 Å². The molecule has 1 aliphatic carbocycles. The molecule has 2 fully saturated rings. The molecule has 2 aliphatic rings. The van der Waals surface area contributed by atoms with E-state index in [1.54, 1.807) is 12.1 Å². The summed E-state index contributed by atoms with van der Waals surface area (Å²) in [7, 11) is 2.18. The topological polar surface area (TPSA) is 15.3 Å². The molecule has 1 aliphatic heterocycles. The summed E-state index contributed by atoms with van der Waals surface area (Å²) >= 11 is 1.78. The van der Waals surface area contributed by atoms with E-state index < -0.39 is 0 Å². The Balaban J connectivity index is 2.17. The molecule has 3 heteroatoms. The van der Waals surface area contributed by atoms with Crippen LogP contribution >= 0.6 is 12.1 Å². The highest BCUT2D eigenvalue weighted by Crippen LogP contribution is 2.41. The highest BCUT2D eigenvalue weighted by Gasteiger charge is 2.42. The largest absolute Gasteiger partial charge is 0.247 e. The lowest BCUT2D eigenvalue weighted by atomic mass is 10.0. The van der Waals surface area contributed by atoms with Crippen molar-refractivity contribution < 1.29 is 0 Å². The zero-order valence-corrected chi connectivity index (χ0v) is 7.37. The molecule has 2 nitrogen and oxygen atoms in total. The monoisotopic (exact) mass is 158 g/mol. The second kappa shape index (κ2) is 2.13. The van der Waals surface area contributed by atoms with Crippen LogP contribution in [-0.2, 0) is 0 Å². The molecule has 1 saturated heterocycles. The normalized spacial score (nSPS) is 48.0. The van der Waals surface area contributed by atoms with Crippen LogP contribution in [-0.4, -0.2) is 22.9 Å². The smallest absolute Gasteiger partial charge is 0.0310 e. The first-order valence-electron chi connectivity index (χ1n) is 3.87. The first-order chi connectivity index (χ1) is 4.71. The summed E-state index contributed by atoms with van der Waals surface area (Å²) in [4.78, 5) is 0. The van der Waals surface area contributed by atoms with Crippen LogP contribution in [0.4, 0.5) is 0 Å². The minimum absolute atomic E-state index is 0.487. The Hall–Kier alpha value is 0.270. The Bertz CT molecular complexity index is 149. The van der Waals surface area contributed by atoms with Gasteiger partial charge in [0.2, 0.25) is 0 Å². The second-order valence-corrected chi connectivity index (χ2v) is 4.61. The molecule has 2 bridgehead atoms. The fourth-order valence-electron chi connectivity index (χ4n) is 1.87. The standard InChI is InChI=1S/C7H14N2S/c1-7-4-3-6(5-7)8-10-9(7)2/h6,8H,3-5H2,1-2H3. The van der Waals surface area contributed by atoms with Crippen molar-refractivity contribution in [3.05, 3.63) is 0 Å². The molecule has 2 unspecified atom stereocenters. The van der Waals surface area contributed by atoms with Gasteiger partial charge in [-0.3, -0.25) is 0 Å². The van der Waals surface area contributed by atoms with Crippen LogP contribution in [0.25, 0.3) is 0 Å². The van der Waals surface area contributed by atoms with Crippen LogP contribution < -0.4 is 4.72 Å². The second-order valence-electron chi connectivity index (χ2n) is 3.64. The highest BCUT2D eigenvalue weighted by molar-refractivity contribution is 7.95. The summed E-state index contributed by atoms with van der Waals surface area (Å²) in [5, 5.41) is 0. The molecule has 0 aromatic carbocycles. The van der Waals surface area contributed by atoms with Gasteiger partial charge < -0.3 is 0 Å². The molecule has 2 atom stereocenters. The molecule has 58 valence electrons. The van der Waals surface area contributed by atoms with Crippen molar-refractivity contribution in [3.63, 3.8) is 0 Å². The van der Waals surface area contributed by atoms with Crippen LogP contribution in [0.3, 0.4) is 0 Å². The number of hydrogen-bond donors (Lipinski definition) is 1. The summed E-state index contributed by atoms with van der Waals surface area (Å²) < 4.78 is 5.79.